The van der Waals surface area contributed by atoms with E-state index in [0.29, 0.717) is 11.6 Å². The second kappa shape index (κ2) is 9.57. The van der Waals surface area contributed by atoms with Crippen molar-refractivity contribution >= 4 is 23.4 Å². The second-order valence-electron chi connectivity index (χ2n) is 12.1. The molecule has 4 fully saturated rings. The number of aryl methyl sites for hydroxylation is 1. The van der Waals surface area contributed by atoms with Gasteiger partial charge in [0.1, 0.15) is 11.6 Å². The third kappa shape index (κ3) is 4.19. The van der Waals surface area contributed by atoms with Crippen molar-refractivity contribution in [2.45, 2.75) is 101 Å². The summed E-state index contributed by atoms with van der Waals surface area (Å²) >= 11 is 0. The lowest BCUT2D eigenvalue weighted by Gasteiger charge is -2.40. The van der Waals surface area contributed by atoms with Gasteiger partial charge < -0.3 is 20.3 Å². The molecule has 5 aliphatic rings. The largest absolute Gasteiger partial charge is 0.359 e. The molecule has 7 nitrogen and oxygen atoms in total. The molecular weight excluding hydrogens is 466 g/mol. The van der Waals surface area contributed by atoms with Crippen LogP contribution in [0.1, 0.15) is 70.3 Å². The van der Waals surface area contributed by atoms with Crippen molar-refractivity contribution in [3.8, 4) is 0 Å². The van der Waals surface area contributed by atoms with Crippen LogP contribution >= 0.6 is 0 Å². The summed E-state index contributed by atoms with van der Waals surface area (Å²) in [6.07, 6.45) is 12.6. The van der Waals surface area contributed by atoms with E-state index in [9.17, 15) is 14.4 Å². The molecule has 198 valence electrons. The Morgan fingerprint density at radius 1 is 0.973 bits per heavy atom. The molecule has 3 amide bonds. The van der Waals surface area contributed by atoms with E-state index in [1.807, 2.05) is 48.2 Å². The fourth-order valence-electron chi connectivity index (χ4n) is 7.51. The van der Waals surface area contributed by atoms with E-state index in [1.54, 1.807) is 0 Å². The highest BCUT2D eigenvalue weighted by atomic mass is 16.5. The molecule has 2 saturated heterocycles. The maximum atomic E-state index is 14.2. The Morgan fingerprint density at radius 2 is 1.68 bits per heavy atom. The van der Waals surface area contributed by atoms with Crippen LogP contribution in [-0.2, 0) is 19.1 Å². The van der Waals surface area contributed by atoms with E-state index in [0.717, 1.165) is 56.9 Å². The number of hydrogen-bond donors (Lipinski definition) is 2. The van der Waals surface area contributed by atoms with Gasteiger partial charge >= 0.3 is 0 Å². The van der Waals surface area contributed by atoms with Crippen LogP contribution in [0.25, 0.3) is 0 Å². The lowest BCUT2D eigenvalue weighted by molar-refractivity contribution is -0.145. The summed E-state index contributed by atoms with van der Waals surface area (Å²) in [5.74, 6) is -1.15. The minimum absolute atomic E-state index is 0.00245. The lowest BCUT2D eigenvalue weighted by atomic mass is 9.74. The number of carbonyl (C=O) groups excluding carboxylic acids is 3. The first-order valence-corrected chi connectivity index (χ1v) is 14.2. The molecule has 3 heterocycles. The standard InChI is InChI=1S/C30H39N3O4/c1-18-8-12-21(13-9-18)31-27(34)24-23-16-17-30(37-23)25(24)29(36)33(22-14-10-19(2)11-15-22)26(30)28(35)32-20-6-4-3-5-7-20/h8-9,12-13,16-17,19-20,22-26H,3-7,10-11,14-15H2,1-2H3,(H,31,34)(H,32,35)/t19?,22?,23-,24-,25-,26+,30-/m0/s1. The molecule has 6 rings (SSSR count). The van der Waals surface area contributed by atoms with Gasteiger partial charge in [-0.1, -0.05) is 56.0 Å². The van der Waals surface area contributed by atoms with Gasteiger partial charge in [-0.15, -0.1) is 0 Å². The molecular formula is C30H39N3O4. The van der Waals surface area contributed by atoms with E-state index >= 15 is 0 Å². The third-order valence-electron chi connectivity index (χ3n) is 9.51. The van der Waals surface area contributed by atoms with Crippen molar-refractivity contribution in [1.82, 2.24) is 10.2 Å². The smallest absolute Gasteiger partial charge is 0.246 e. The van der Waals surface area contributed by atoms with E-state index in [2.05, 4.69) is 17.6 Å². The number of benzene rings is 1. The van der Waals surface area contributed by atoms with Gasteiger partial charge in [0.15, 0.2) is 0 Å². The average Bonchev–Trinajstić information content (AvgIpc) is 3.54. The predicted octanol–water partition coefficient (Wildman–Crippen LogP) is 4.11. The van der Waals surface area contributed by atoms with Gasteiger partial charge in [0, 0.05) is 17.8 Å². The molecule has 3 aliphatic heterocycles. The Balaban J connectivity index is 1.31. The van der Waals surface area contributed by atoms with Crippen LogP contribution in [-0.4, -0.2) is 52.5 Å². The van der Waals surface area contributed by atoms with Crippen molar-refractivity contribution in [3.63, 3.8) is 0 Å². The fourth-order valence-corrected chi connectivity index (χ4v) is 7.51. The number of carbonyl (C=O) groups is 3. The number of nitrogens with one attached hydrogen (secondary N) is 2. The number of amides is 3. The molecule has 0 radical (unpaired) electrons. The topological polar surface area (TPSA) is 87.7 Å². The van der Waals surface area contributed by atoms with Gasteiger partial charge in [0.2, 0.25) is 17.7 Å². The van der Waals surface area contributed by atoms with E-state index < -0.39 is 29.6 Å². The van der Waals surface area contributed by atoms with Crippen molar-refractivity contribution < 1.29 is 19.1 Å². The lowest BCUT2D eigenvalue weighted by Crippen LogP contribution is -2.58. The first-order valence-electron chi connectivity index (χ1n) is 14.2. The molecule has 2 N–H and O–H groups in total. The van der Waals surface area contributed by atoms with Gasteiger partial charge in [-0.05, 0) is 63.5 Å². The second-order valence-corrected chi connectivity index (χ2v) is 12.1. The predicted molar refractivity (Wildman–Crippen MR) is 141 cm³/mol. The van der Waals surface area contributed by atoms with Crippen LogP contribution < -0.4 is 10.6 Å². The Morgan fingerprint density at radius 3 is 2.38 bits per heavy atom. The molecule has 1 aromatic rings. The van der Waals surface area contributed by atoms with E-state index in [-0.39, 0.29) is 29.8 Å². The minimum Gasteiger partial charge on any atom is -0.359 e. The van der Waals surface area contributed by atoms with E-state index in [1.165, 1.54) is 6.42 Å². The molecule has 2 bridgehead atoms. The molecule has 2 aliphatic carbocycles. The molecule has 0 aromatic heterocycles. The quantitative estimate of drug-likeness (QED) is 0.590. The Hall–Kier alpha value is -2.67. The van der Waals surface area contributed by atoms with Gasteiger partial charge in [-0.25, -0.2) is 0 Å². The van der Waals surface area contributed by atoms with Crippen molar-refractivity contribution in [1.29, 1.82) is 0 Å². The Kier molecular flexibility index (Phi) is 6.38. The SMILES string of the molecule is Cc1ccc(NC(=O)[C@H]2[C@@H]3C=C[C@]4(O3)[C@@H]2C(=O)N(C2CCC(C)CC2)[C@@H]4C(=O)NC2CCCCC2)cc1. The van der Waals surface area contributed by atoms with Crippen molar-refractivity contribution in [2.75, 3.05) is 5.32 Å². The van der Waals surface area contributed by atoms with Crippen LogP contribution in [0, 0.1) is 24.7 Å². The maximum absolute atomic E-state index is 14.2. The maximum Gasteiger partial charge on any atom is 0.246 e. The van der Waals surface area contributed by atoms with Gasteiger partial charge in [-0.2, -0.15) is 0 Å². The Labute approximate surface area is 219 Å². The number of anilines is 1. The van der Waals surface area contributed by atoms with Gasteiger partial charge in [0.05, 0.1) is 17.9 Å². The van der Waals surface area contributed by atoms with Crippen LogP contribution in [0.15, 0.2) is 36.4 Å². The first-order chi connectivity index (χ1) is 17.9. The summed E-state index contributed by atoms with van der Waals surface area (Å²) in [4.78, 5) is 43.6. The summed E-state index contributed by atoms with van der Waals surface area (Å²) in [6.45, 7) is 4.25. The van der Waals surface area contributed by atoms with Crippen molar-refractivity contribution in [3.05, 3.63) is 42.0 Å². The van der Waals surface area contributed by atoms with Crippen LogP contribution in [0.2, 0.25) is 0 Å². The molecule has 0 unspecified atom stereocenters. The van der Waals surface area contributed by atoms with Crippen LogP contribution in [0.5, 0.6) is 0 Å². The zero-order valence-corrected chi connectivity index (χ0v) is 21.9. The monoisotopic (exact) mass is 505 g/mol. The average molecular weight is 506 g/mol. The number of ether oxygens (including phenoxy) is 1. The number of likely N-dealkylation sites (tertiary alicyclic amines) is 1. The van der Waals surface area contributed by atoms with E-state index in [4.69, 9.17) is 4.74 Å². The normalized spacial score (nSPS) is 37.0. The molecule has 1 aromatic carbocycles. The van der Waals surface area contributed by atoms with Crippen LogP contribution in [0.3, 0.4) is 0 Å². The zero-order chi connectivity index (χ0) is 25.7. The molecule has 7 heteroatoms. The van der Waals surface area contributed by atoms with Gasteiger partial charge in [-0.3, -0.25) is 14.4 Å². The highest BCUT2D eigenvalue weighted by Gasteiger charge is 2.73. The first kappa shape index (κ1) is 24.7. The summed E-state index contributed by atoms with van der Waals surface area (Å²) in [6, 6.07) is 7.06. The molecule has 5 atom stereocenters. The third-order valence-corrected chi connectivity index (χ3v) is 9.51. The van der Waals surface area contributed by atoms with Crippen molar-refractivity contribution in [2.24, 2.45) is 17.8 Å². The highest BCUT2D eigenvalue weighted by Crippen LogP contribution is 2.56. The number of hydrogen-bond acceptors (Lipinski definition) is 4. The number of fused-ring (bicyclic) bond motifs is 1. The van der Waals surface area contributed by atoms with Crippen LogP contribution in [0.4, 0.5) is 5.69 Å². The summed E-state index contributed by atoms with van der Waals surface area (Å²) in [5.41, 5.74) is 0.726. The highest BCUT2D eigenvalue weighted by molar-refractivity contribution is 6.03. The number of rotatable bonds is 5. The minimum atomic E-state index is -1.08. The molecule has 2 saturated carbocycles. The summed E-state index contributed by atoms with van der Waals surface area (Å²) in [5, 5.41) is 6.30. The summed E-state index contributed by atoms with van der Waals surface area (Å²) < 4.78 is 6.51. The van der Waals surface area contributed by atoms with Gasteiger partial charge in [0.25, 0.3) is 0 Å². The fraction of sp³-hybridized carbons (Fsp3) is 0.633. The zero-order valence-electron chi connectivity index (χ0n) is 21.9. The molecule has 37 heavy (non-hydrogen) atoms. The molecule has 1 spiro atoms. The number of nitrogens with zero attached hydrogens (tertiary/aromatic N) is 1. The Bertz CT molecular complexity index is 1090. The summed E-state index contributed by atoms with van der Waals surface area (Å²) in [7, 11) is 0.